The van der Waals surface area contributed by atoms with E-state index in [0.717, 1.165) is 0 Å². The number of unbranched alkanes of at least 4 members (excludes halogenated alkanes) is 4. The molecule has 4 nitrogen and oxygen atoms in total. The van der Waals surface area contributed by atoms with Gasteiger partial charge in [0.05, 0.1) is 6.67 Å². The lowest BCUT2D eigenvalue weighted by molar-refractivity contribution is 0.0853. The summed E-state index contributed by atoms with van der Waals surface area (Å²) in [5.41, 5.74) is 0. The monoisotopic (exact) mass is 325 g/mol. The Morgan fingerprint density at radius 1 is 0.900 bits per heavy atom. The van der Waals surface area contributed by atoms with Crippen LogP contribution in [0, 0.1) is 0 Å². The predicted octanol–water partition coefficient (Wildman–Crippen LogP) is 3.36. The van der Waals surface area contributed by atoms with Gasteiger partial charge in [-0.25, -0.2) is 13.2 Å². The van der Waals surface area contributed by atoms with Crippen molar-refractivity contribution in [1.82, 2.24) is 6.15 Å². The quantitative estimate of drug-likeness (QED) is 0.346. The third-order valence-corrected chi connectivity index (χ3v) is 3.41. The summed E-state index contributed by atoms with van der Waals surface area (Å²) in [6.07, 6.45) is -4.75. The number of hydrogen-bond acceptors (Lipinski definition) is 3. The zero-order valence-electron chi connectivity index (χ0n) is 11.3. The molecule has 20 heavy (non-hydrogen) atoms. The molecule has 3 atom stereocenters. The smallest absolute Gasteiger partial charge is 0.267 e. The number of hydrogen-bond donors (Lipinski definition) is 2. The minimum absolute atomic E-state index is 0. The molecule has 0 aromatic heterocycles. The molecular weight excluding hydrogens is 302 g/mol. The van der Waals surface area contributed by atoms with Crippen molar-refractivity contribution in [3.63, 3.8) is 0 Å². The van der Waals surface area contributed by atoms with Crippen molar-refractivity contribution in [2.45, 2.75) is 57.0 Å². The lowest BCUT2D eigenvalue weighted by Gasteiger charge is -2.16. The normalized spacial score (nSPS) is 16.2. The Kier molecular flexibility index (Phi) is 12.3. The molecule has 0 aliphatic rings. The topological polar surface area (TPSA) is 89.4 Å². The van der Waals surface area contributed by atoms with Gasteiger partial charge in [-0.05, 0) is 12.8 Å². The van der Waals surface area contributed by atoms with Crippen molar-refractivity contribution in [2.24, 2.45) is 0 Å². The molecule has 0 rings (SSSR count). The maximum Gasteiger partial charge on any atom is 0.267 e. The van der Waals surface area contributed by atoms with Gasteiger partial charge in [-0.1, -0.05) is 25.7 Å². The van der Waals surface area contributed by atoms with E-state index >= 15 is 0 Å². The predicted molar refractivity (Wildman–Crippen MR) is 69.8 cm³/mol. The summed E-state index contributed by atoms with van der Waals surface area (Å²) in [4.78, 5) is 0. The van der Waals surface area contributed by atoms with Gasteiger partial charge < -0.3 is 6.15 Å². The standard InChI is InChI=1S/C11H20F4O3S.H3N/c12-7-5-3-1-2-4-6-9(13)11(15)10(14)8-19(16,17)18;/h9-11H,1-8H2,(H,16,17,18);1H3. The minimum atomic E-state index is -4.65. The van der Waals surface area contributed by atoms with Crippen LogP contribution in [0.4, 0.5) is 17.6 Å². The Balaban J connectivity index is 0. The third-order valence-electron chi connectivity index (χ3n) is 2.67. The van der Waals surface area contributed by atoms with Gasteiger partial charge in [0, 0.05) is 0 Å². The Hall–Kier alpha value is -0.410. The second-order valence-corrected chi connectivity index (χ2v) is 5.97. The van der Waals surface area contributed by atoms with E-state index in [-0.39, 0.29) is 12.6 Å². The largest absolute Gasteiger partial charge is 0.344 e. The van der Waals surface area contributed by atoms with Gasteiger partial charge in [0.2, 0.25) is 0 Å². The molecule has 0 radical (unpaired) electrons. The molecule has 0 saturated heterocycles. The highest BCUT2D eigenvalue weighted by molar-refractivity contribution is 7.85. The molecular formula is C11H23F4NO3S. The van der Waals surface area contributed by atoms with Crippen LogP contribution in [0.5, 0.6) is 0 Å². The van der Waals surface area contributed by atoms with Crippen LogP contribution < -0.4 is 6.15 Å². The zero-order chi connectivity index (χ0) is 14.9. The van der Waals surface area contributed by atoms with Gasteiger partial charge >= 0.3 is 0 Å². The zero-order valence-corrected chi connectivity index (χ0v) is 12.1. The van der Waals surface area contributed by atoms with E-state index in [1.165, 1.54) is 0 Å². The highest BCUT2D eigenvalue weighted by atomic mass is 32.2. The van der Waals surface area contributed by atoms with Crippen LogP contribution in [-0.4, -0.2) is 43.9 Å². The maximum atomic E-state index is 13.2. The van der Waals surface area contributed by atoms with E-state index in [1.54, 1.807) is 0 Å². The van der Waals surface area contributed by atoms with Crippen molar-refractivity contribution in [3.05, 3.63) is 0 Å². The molecule has 0 saturated carbocycles. The molecule has 0 aliphatic heterocycles. The Labute approximate surface area is 117 Å². The molecule has 0 aliphatic carbocycles. The molecule has 0 fully saturated rings. The van der Waals surface area contributed by atoms with E-state index in [2.05, 4.69) is 0 Å². The summed E-state index contributed by atoms with van der Waals surface area (Å²) in [6.45, 7) is -0.405. The second kappa shape index (κ2) is 11.3. The van der Waals surface area contributed by atoms with Crippen molar-refractivity contribution < 1.29 is 30.5 Å². The van der Waals surface area contributed by atoms with Gasteiger partial charge in [-0.15, -0.1) is 0 Å². The second-order valence-electron chi connectivity index (χ2n) is 4.47. The van der Waals surface area contributed by atoms with E-state index in [4.69, 9.17) is 4.55 Å². The van der Waals surface area contributed by atoms with Crippen LogP contribution in [0.15, 0.2) is 0 Å². The van der Waals surface area contributed by atoms with Gasteiger partial charge in [-0.2, -0.15) is 8.42 Å². The molecule has 0 heterocycles. The molecule has 3 unspecified atom stereocenters. The first-order chi connectivity index (χ1) is 8.78. The van der Waals surface area contributed by atoms with Crippen LogP contribution in [-0.2, 0) is 10.1 Å². The van der Waals surface area contributed by atoms with Crippen LogP contribution in [0.1, 0.15) is 38.5 Å². The van der Waals surface area contributed by atoms with Crippen LogP contribution in [0.2, 0.25) is 0 Å². The van der Waals surface area contributed by atoms with E-state index in [0.29, 0.717) is 32.1 Å². The highest BCUT2D eigenvalue weighted by Crippen LogP contribution is 2.19. The maximum absolute atomic E-state index is 13.2. The summed E-state index contributed by atoms with van der Waals surface area (Å²) in [7, 11) is -4.65. The summed E-state index contributed by atoms with van der Waals surface area (Å²) in [6, 6.07) is 0. The van der Waals surface area contributed by atoms with E-state index in [1.807, 2.05) is 0 Å². The fourth-order valence-corrected chi connectivity index (χ4v) is 2.23. The summed E-state index contributed by atoms with van der Waals surface area (Å²) >= 11 is 0. The average Bonchev–Trinajstić information content (AvgIpc) is 2.30. The van der Waals surface area contributed by atoms with Crippen molar-refractivity contribution in [3.8, 4) is 0 Å². The summed E-state index contributed by atoms with van der Waals surface area (Å²) in [5.74, 6) is -1.44. The van der Waals surface area contributed by atoms with Crippen LogP contribution >= 0.6 is 0 Å². The first kappa shape index (κ1) is 21.9. The molecule has 0 spiro atoms. The van der Waals surface area contributed by atoms with Crippen molar-refractivity contribution in [2.75, 3.05) is 12.4 Å². The van der Waals surface area contributed by atoms with Gasteiger partial charge in [-0.3, -0.25) is 8.94 Å². The SMILES string of the molecule is N.O=S(=O)(O)CC(F)C(F)C(F)CCCCCCCF. The highest BCUT2D eigenvalue weighted by Gasteiger charge is 2.32. The van der Waals surface area contributed by atoms with E-state index < -0.39 is 41.1 Å². The van der Waals surface area contributed by atoms with E-state index in [9.17, 15) is 26.0 Å². The minimum Gasteiger partial charge on any atom is -0.344 e. The lowest BCUT2D eigenvalue weighted by Crippen LogP contribution is -2.33. The van der Waals surface area contributed by atoms with Crippen molar-refractivity contribution >= 4 is 10.1 Å². The van der Waals surface area contributed by atoms with Crippen molar-refractivity contribution in [1.29, 1.82) is 0 Å². The fourth-order valence-electron chi connectivity index (χ4n) is 1.64. The molecule has 0 bridgehead atoms. The number of rotatable bonds is 11. The number of halogens is 4. The first-order valence-electron chi connectivity index (χ1n) is 6.21. The molecule has 0 aromatic rings. The van der Waals surface area contributed by atoms with Crippen LogP contribution in [0.25, 0.3) is 0 Å². The molecule has 0 aromatic carbocycles. The number of alkyl halides is 4. The van der Waals surface area contributed by atoms with Gasteiger partial charge in [0.15, 0.2) is 12.3 Å². The Morgan fingerprint density at radius 3 is 1.90 bits per heavy atom. The molecule has 124 valence electrons. The lowest BCUT2D eigenvalue weighted by atomic mass is 10.0. The molecule has 9 heteroatoms. The third kappa shape index (κ3) is 11.4. The summed E-state index contributed by atoms with van der Waals surface area (Å²) < 4.78 is 80.2. The van der Waals surface area contributed by atoms with Crippen LogP contribution in [0.3, 0.4) is 0 Å². The Bertz CT molecular complexity index is 330. The molecule has 4 N–H and O–H groups in total. The first-order valence-corrected chi connectivity index (χ1v) is 7.82. The van der Waals surface area contributed by atoms with Gasteiger partial charge in [0.1, 0.15) is 11.9 Å². The summed E-state index contributed by atoms with van der Waals surface area (Å²) in [5, 5.41) is 0. The molecule has 0 amide bonds. The fraction of sp³-hybridized carbons (Fsp3) is 1.00. The van der Waals surface area contributed by atoms with Gasteiger partial charge in [0.25, 0.3) is 10.1 Å². The average molecular weight is 325 g/mol. The Morgan fingerprint density at radius 2 is 1.40 bits per heavy atom.